The SMILES string of the molecule is CCN(Cc1cccc(F)c1)C(=O)C(NC)c1cnn(C)c1.Cl. The van der Waals surface area contributed by atoms with E-state index in [0.717, 1.165) is 11.1 Å². The van der Waals surface area contributed by atoms with Gasteiger partial charge in [0.05, 0.1) is 6.20 Å². The molecule has 5 nitrogen and oxygen atoms in total. The number of amides is 1. The summed E-state index contributed by atoms with van der Waals surface area (Å²) in [6.07, 6.45) is 3.49. The zero-order chi connectivity index (χ0) is 16.1. The van der Waals surface area contributed by atoms with Gasteiger partial charge in [-0.25, -0.2) is 4.39 Å². The molecule has 1 amide bonds. The molecule has 1 heterocycles. The van der Waals surface area contributed by atoms with Gasteiger partial charge in [-0.2, -0.15) is 5.10 Å². The minimum atomic E-state index is -0.456. The number of benzene rings is 1. The Morgan fingerprint density at radius 3 is 2.74 bits per heavy atom. The lowest BCUT2D eigenvalue weighted by Gasteiger charge is -2.25. The first-order chi connectivity index (χ1) is 10.5. The first-order valence-corrected chi connectivity index (χ1v) is 7.24. The van der Waals surface area contributed by atoms with Crippen LogP contribution in [0.1, 0.15) is 24.1 Å². The predicted molar refractivity (Wildman–Crippen MR) is 89.7 cm³/mol. The number of hydrogen-bond donors (Lipinski definition) is 1. The molecule has 0 bridgehead atoms. The minimum absolute atomic E-state index is 0. The Morgan fingerprint density at radius 1 is 1.48 bits per heavy atom. The summed E-state index contributed by atoms with van der Waals surface area (Å²) in [5, 5.41) is 7.13. The number of halogens is 2. The summed E-state index contributed by atoms with van der Waals surface area (Å²) in [6.45, 7) is 2.84. The van der Waals surface area contributed by atoms with Crippen LogP contribution in [-0.4, -0.2) is 34.2 Å². The molecule has 2 rings (SSSR count). The average Bonchev–Trinajstić information content (AvgIpc) is 2.91. The molecular weight excluding hydrogens is 319 g/mol. The summed E-state index contributed by atoms with van der Waals surface area (Å²) in [6, 6.07) is 5.86. The van der Waals surface area contributed by atoms with E-state index in [4.69, 9.17) is 0 Å². The maximum Gasteiger partial charge on any atom is 0.244 e. The van der Waals surface area contributed by atoms with Gasteiger partial charge in [-0.05, 0) is 31.7 Å². The van der Waals surface area contributed by atoms with Crippen LogP contribution in [-0.2, 0) is 18.4 Å². The quantitative estimate of drug-likeness (QED) is 0.877. The van der Waals surface area contributed by atoms with Crippen LogP contribution < -0.4 is 5.32 Å². The van der Waals surface area contributed by atoms with E-state index in [1.165, 1.54) is 12.1 Å². The first kappa shape index (κ1) is 19.1. The van der Waals surface area contributed by atoms with Crippen molar-refractivity contribution in [2.45, 2.75) is 19.5 Å². The smallest absolute Gasteiger partial charge is 0.244 e. The molecule has 126 valence electrons. The molecule has 23 heavy (non-hydrogen) atoms. The van der Waals surface area contributed by atoms with Gasteiger partial charge in [-0.1, -0.05) is 12.1 Å². The van der Waals surface area contributed by atoms with Gasteiger partial charge in [0.1, 0.15) is 11.9 Å². The molecule has 2 aromatic rings. The van der Waals surface area contributed by atoms with E-state index in [-0.39, 0.29) is 24.1 Å². The molecule has 0 aliphatic rings. The normalized spacial score (nSPS) is 11.7. The zero-order valence-corrected chi connectivity index (χ0v) is 14.3. The van der Waals surface area contributed by atoms with E-state index >= 15 is 0 Å². The number of nitrogens with zero attached hydrogens (tertiary/aromatic N) is 3. The fraction of sp³-hybridized carbons (Fsp3) is 0.375. The second kappa shape index (κ2) is 8.64. The van der Waals surface area contributed by atoms with Gasteiger partial charge >= 0.3 is 0 Å². The van der Waals surface area contributed by atoms with Crippen LogP contribution >= 0.6 is 12.4 Å². The van der Waals surface area contributed by atoms with Crippen molar-refractivity contribution in [3.05, 3.63) is 53.6 Å². The lowest BCUT2D eigenvalue weighted by atomic mass is 10.1. The van der Waals surface area contributed by atoms with Crippen molar-refractivity contribution in [1.29, 1.82) is 0 Å². The summed E-state index contributed by atoms with van der Waals surface area (Å²) in [7, 11) is 3.55. The highest BCUT2D eigenvalue weighted by Gasteiger charge is 2.24. The van der Waals surface area contributed by atoms with Crippen molar-refractivity contribution in [1.82, 2.24) is 20.0 Å². The fourth-order valence-corrected chi connectivity index (χ4v) is 2.41. The van der Waals surface area contributed by atoms with E-state index in [1.807, 2.05) is 26.2 Å². The second-order valence-corrected chi connectivity index (χ2v) is 5.15. The minimum Gasteiger partial charge on any atom is -0.337 e. The zero-order valence-electron chi connectivity index (χ0n) is 13.5. The molecule has 0 aliphatic carbocycles. The molecule has 7 heteroatoms. The third-order valence-corrected chi connectivity index (χ3v) is 3.55. The van der Waals surface area contributed by atoms with Crippen molar-refractivity contribution in [2.24, 2.45) is 7.05 Å². The van der Waals surface area contributed by atoms with Gasteiger partial charge < -0.3 is 10.2 Å². The highest BCUT2D eigenvalue weighted by Crippen LogP contribution is 2.17. The summed E-state index contributed by atoms with van der Waals surface area (Å²) in [4.78, 5) is 14.4. The van der Waals surface area contributed by atoms with Crippen molar-refractivity contribution in [3.8, 4) is 0 Å². The summed E-state index contributed by atoms with van der Waals surface area (Å²) in [5.74, 6) is -0.347. The number of hydrogen-bond acceptors (Lipinski definition) is 3. The maximum atomic E-state index is 13.3. The highest BCUT2D eigenvalue weighted by atomic mass is 35.5. The van der Waals surface area contributed by atoms with Crippen molar-refractivity contribution in [3.63, 3.8) is 0 Å². The van der Waals surface area contributed by atoms with Crippen molar-refractivity contribution < 1.29 is 9.18 Å². The molecule has 1 aromatic carbocycles. The molecule has 1 aromatic heterocycles. The van der Waals surface area contributed by atoms with Crippen molar-refractivity contribution >= 4 is 18.3 Å². The van der Waals surface area contributed by atoms with Gasteiger partial charge in [0.15, 0.2) is 0 Å². The molecular formula is C16H22ClFN4O. The van der Waals surface area contributed by atoms with E-state index in [0.29, 0.717) is 13.1 Å². The molecule has 1 unspecified atom stereocenters. The Bertz CT molecular complexity index is 647. The van der Waals surface area contributed by atoms with E-state index < -0.39 is 6.04 Å². The highest BCUT2D eigenvalue weighted by molar-refractivity contribution is 5.85. The number of rotatable bonds is 6. The molecule has 1 atom stereocenters. The Kier molecular flexibility index (Phi) is 7.19. The first-order valence-electron chi connectivity index (χ1n) is 7.24. The van der Waals surface area contributed by atoms with Crippen molar-refractivity contribution in [2.75, 3.05) is 13.6 Å². The largest absolute Gasteiger partial charge is 0.337 e. The molecule has 0 aliphatic heterocycles. The Balaban J connectivity index is 0.00000264. The summed E-state index contributed by atoms with van der Waals surface area (Å²) in [5.41, 5.74) is 1.59. The lowest BCUT2D eigenvalue weighted by molar-refractivity contribution is -0.133. The van der Waals surface area contributed by atoms with Crippen LogP contribution in [0.4, 0.5) is 4.39 Å². The van der Waals surface area contributed by atoms with Gasteiger partial charge in [-0.3, -0.25) is 9.48 Å². The number of nitrogens with one attached hydrogen (secondary N) is 1. The van der Waals surface area contributed by atoms with Gasteiger partial charge in [0.2, 0.25) is 5.91 Å². The molecule has 0 spiro atoms. The monoisotopic (exact) mass is 340 g/mol. The van der Waals surface area contributed by atoms with Crippen LogP contribution in [0.3, 0.4) is 0 Å². The number of carbonyl (C=O) groups excluding carboxylic acids is 1. The molecule has 0 saturated heterocycles. The van der Waals surface area contributed by atoms with Crippen LogP contribution in [0.2, 0.25) is 0 Å². The van der Waals surface area contributed by atoms with Crippen LogP contribution in [0.25, 0.3) is 0 Å². The van der Waals surface area contributed by atoms with Crippen LogP contribution in [0.5, 0.6) is 0 Å². The third-order valence-electron chi connectivity index (χ3n) is 3.55. The predicted octanol–water partition coefficient (Wildman–Crippen LogP) is 2.29. The second-order valence-electron chi connectivity index (χ2n) is 5.15. The van der Waals surface area contributed by atoms with Gasteiger partial charge in [0, 0.05) is 31.9 Å². The van der Waals surface area contributed by atoms with E-state index in [2.05, 4.69) is 10.4 Å². The topological polar surface area (TPSA) is 50.2 Å². The Labute approximate surface area is 141 Å². The summed E-state index contributed by atoms with van der Waals surface area (Å²) < 4.78 is 15.0. The number of aryl methyl sites for hydroxylation is 1. The molecule has 0 radical (unpaired) electrons. The average molecular weight is 341 g/mol. The number of likely N-dealkylation sites (N-methyl/N-ethyl adjacent to an activating group) is 2. The van der Waals surface area contributed by atoms with Crippen LogP contribution in [0.15, 0.2) is 36.7 Å². The number of aromatic nitrogens is 2. The molecule has 0 saturated carbocycles. The van der Waals surface area contributed by atoms with Gasteiger partial charge in [-0.15, -0.1) is 12.4 Å². The lowest BCUT2D eigenvalue weighted by Crippen LogP contribution is -2.39. The Morgan fingerprint density at radius 2 is 2.22 bits per heavy atom. The van der Waals surface area contributed by atoms with E-state index in [1.54, 1.807) is 28.9 Å². The van der Waals surface area contributed by atoms with E-state index in [9.17, 15) is 9.18 Å². The Hall–Kier alpha value is -1.92. The number of carbonyl (C=O) groups is 1. The third kappa shape index (κ3) is 4.77. The molecule has 1 N–H and O–H groups in total. The fourth-order valence-electron chi connectivity index (χ4n) is 2.41. The molecule has 0 fully saturated rings. The van der Waals surface area contributed by atoms with Gasteiger partial charge in [0.25, 0.3) is 0 Å². The summed E-state index contributed by atoms with van der Waals surface area (Å²) >= 11 is 0. The standard InChI is InChI=1S/C16H21FN4O.ClH/c1-4-21(10-12-6-5-7-14(17)8-12)16(22)15(18-2)13-9-19-20(3)11-13;/h5-9,11,15,18H,4,10H2,1-3H3;1H. The maximum absolute atomic E-state index is 13.3. The van der Waals surface area contributed by atoms with Crippen LogP contribution in [0, 0.1) is 5.82 Å².